The third-order valence-corrected chi connectivity index (χ3v) is 4.95. The van der Waals surface area contributed by atoms with Gasteiger partial charge in [0.05, 0.1) is 5.56 Å². The van der Waals surface area contributed by atoms with Crippen molar-refractivity contribution in [3.8, 4) is 0 Å². The maximum Gasteiger partial charge on any atom is 0.416 e. The van der Waals surface area contributed by atoms with Gasteiger partial charge in [-0.25, -0.2) is 9.59 Å². The van der Waals surface area contributed by atoms with Crippen LogP contribution >= 0.6 is 0 Å². The highest BCUT2D eigenvalue weighted by Gasteiger charge is 2.31. The lowest BCUT2D eigenvalue weighted by atomic mass is 10.2. The third-order valence-electron chi connectivity index (χ3n) is 4.95. The summed E-state index contributed by atoms with van der Waals surface area (Å²) in [6.07, 6.45) is -4.55. The zero-order chi connectivity index (χ0) is 24.6. The number of urea groups is 2. The van der Waals surface area contributed by atoms with Crippen LogP contribution in [-0.2, 0) is 12.7 Å². The van der Waals surface area contributed by atoms with Gasteiger partial charge in [-0.2, -0.15) is 13.2 Å². The summed E-state index contributed by atoms with van der Waals surface area (Å²) in [6.45, 7) is 2.20. The second-order valence-electron chi connectivity index (χ2n) is 7.59. The van der Waals surface area contributed by atoms with Crippen LogP contribution in [0.3, 0.4) is 0 Å². The minimum absolute atomic E-state index is 0.0260. The van der Waals surface area contributed by atoms with Crippen LogP contribution in [0.25, 0.3) is 0 Å². The van der Waals surface area contributed by atoms with Crippen LogP contribution in [0.4, 0.5) is 34.1 Å². The molecule has 9 heteroatoms. The average molecular weight is 470 g/mol. The molecule has 0 aromatic heterocycles. The molecule has 178 valence electrons. The van der Waals surface area contributed by atoms with Crippen molar-refractivity contribution in [1.29, 1.82) is 0 Å². The molecule has 0 aliphatic carbocycles. The number of hydrogen-bond donors (Lipinski definition) is 3. The molecule has 0 unspecified atom stereocenters. The number of halogens is 3. The van der Waals surface area contributed by atoms with E-state index < -0.39 is 23.8 Å². The molecule has 0 saturated heterocycles. The number of aryl methyl sites for hydroxylation is 1. The third kappa shape index (κ3) is 7.26. The Kier molecular flexibility index (Phi) is 8.13. The quantitative estimate of drug-likeness (QED) is 0.424. The average Bonchev–Trinajstić information content (AvgIpc) is 2.82. The number of nitrogens with zero attached hydrogens (tertiary/aromatic N) is 1. The first kappa shape index (κ1) is 24.6. The largest absolute Gasteiger partial charge is 0.416 e. The van der Waals surface area contributed by atoms with Gasteiger partial charge in [0.15, 0.2) is 0 Å². The van der Waals surface area contributed by atoms with Gasteiger partial charge in [0.2, 0.25) is 0 Å². The number of amides is 4. The van der Waals surface area contributed by atoms with Crippen molar-refractivity contribution >= 4 is 23.4 Å². The molecule has 3 rings (SSSR count). The van der Waals surface area contributed by atoms with Crippen LogP contribution in [-0.4, -0.2) is 25.2 Å². The van der Waals surface area contributed by atoms with E-state index in [1.165, 1.54) is 12.1 Å². The number of benzene rings is 3. The van der Waals surface area contributed by atoms with Crippen LogP contribution in [0.5, 0.6) is 0 Å². The summed E-state index contributed by atoms with van der Waals surface area (Å²) in [4.78, 5) is 26.2. The van der Waals surface area contributed by atoms with Crippen LogP contribution in [0.2, 0.25) is 0 Å². The summed E-state index contributed by atoms with van der Waals surface area (Å²) in [5, 5.41) is 8.02. The van der Waals surface area contributed by atoms with Gasteiger partial charge in [-0.05, 0) is 42.8 Å². The van der Waals surface area contributed by atoms with E-state index in [1.807, 2.05) is 49.4 Å². The minimum atomic E-state index is -4.55. The van der Waals surface area contributed by atoms with Crippen molar-refractivity contribution in [3.05, 3.63) is 95.6 Å². The van der Waals surface area contributed by atoms with Crippen LogP contribution in [0.1, 0.15) is 16.7 Å². The topological polar surface area (TPSA) is 73.5 Å². The van der Waals surface area contributed by atoms with Crippen LogP contribution in [0, 0.1) is 6.92 Å². The predicted octanol–water partition coefficient (Wildman–Crippen LogP) is 5.55. The van der Waals surface area contributed by atoms with Gasteiger partial charge in [0.1, 0.15) is 0 Å². The van der Waals surface area contributed by atoms with Gasteiger partial charge in [-0.15, -0.1) is 0 Å². The smallest absolute Gasteiger partial charge is 0.336 e. The molecular weight excluding hydrogens is 445 g/mol. The lowest BCUT2D eigenvalue weighted by Gasteiger charge is -2.24. The number of rotatable bonds is 7. The van der Waals surface area contributed by atoms with Crippen LogP contribution < -0.4 is 20.9 Å². The first-order chi connectivity index (χ1) is 16.2. The lowest BCUT2D eigenvalue weighted by molar-refractivity contribution is -0.137. The van der Waals surface area contributed by atoms with Crippen molar-refractivity contribution < 1.29 is 22.8 Å². The van der Waals surface area contributed by atoms with Crippen molar-refractivity contribution in [3.63, 3.8) is 0 Å². The Balaban J connectivity index is 1.68. The normalized spacial score (nSPS) is 10.9. The van der Waals surface area contributed by atoms with E-state index in [0.29, 0.717) is 12.2 Å². The predicted molar refractivity (Wildman–Crippen MR) is 126 cm³/mol. The van der Waals surface area contributed by atoms with E-state index in [9.17, 15) is 22.8 Å². The van der Waals surface area contributed by atoms with Gasteiger partial charge in [0.25, 0.3) is 0 Å². The minimum Gasteiger partial charge on any atom is -0.336 e. The number of anilines is 2. The Bertz CT molecular complexity index is 1100. The molecule has 0 spiro atoms. The Labute approximate surface area is 195 Å². The zero-order valence-electron chi connectivity index (χ0n) is 18.5. The number of hydrogen-bond acceptors (Lipinski definition) is 2. The summed E-state index contributed by atoms with van der Waals surface area (Å²) < 4.78 is 39.6. The lowest BCUT2D eigenvalue weighted by Crippen LogP contribution is -2.43. The zero-order valence-corrected chi connectivity index (χ0v) is 18.5. The molecule has 3 aromatic carbocycles. The van der Waals surface area contributed by atoms with Crippen molar-refractivity contribution in [2.24, 2.45) is 0 Å². The Morgan fingerprint density at radius 3 is 2.26 bits per heavy atom. The molecule has 0 saturated carbocycles. The molecule has 3 aromatic rings. The molecule has 0 aliphatic rings. The maximum absolute atomic E-state index is 13.2. The molecule has 3 N–H and O–H groups in total. The van der Waals surface area contributed by atoms with Gasteiger partial charge >= 0.3 is 18.2 Å². The summed E-state index contributed by atoms with van der Waals surface area (Å²) in [6, 6.07) is 19.8. The molecular formula is C25H25F3N4O2. The first-order valence-corrected chi connectivity index (χ1v) is 10.6. The molecule has 4 amide bonds. The van der Waals surface area contributed by atoms with E-state index in [4.69, 9.17) is 0 Å². The second-order valence-corrected chi connectivity index (χ2v) is 7.59. The Hall–Kier alpha value is -4.01. The highest BCUT2D eigenvalue weighted by molar-refractivity contribution is 6.01. The fraction of sp³-hybridized carbons (Fsp3) is 0.200. The second kappa shape index (κ2) is 11.2. The van der Waals surface area contributed by atoms with Crippen molar-refractivity contribution in [1.82, 2.24) is 10.6 Å². The molecule has 0 heterocycles. The number of carbonyl (C=O) groups is 2. The summed E-state index contributed by atoms with van der Waals surface area (Å²) in [7, 11) is 0. The van der Waals surface area contributed by atoms with E-state index in [0.717, 1.165) is 28.2 Å². The molecule has 0 bridgehead atoms. The summed E-state index contributed by atoms with van der Waals surface area (Å²) >= 11 is 0. The van der Waals surface area contributed by atoms with Gasteiger partial charge in [-0.3, -0.25) is 4.90 Å². The fourth-order valence-electron chi connectivity index (χ4n) is 3.15. The summed E-state index contributed by atoms with van der Waals surface area (Å²) in [5.41, 5.74) is 1.61. The van der Waals surface area contributed by atoms with E-state index in [2.05, 4.69) is 16.0 Å². The maximum atomic E-state index is 13.2. The highest BCUT2D eigenvalue weighted by atomic mass is 19.4. The van der Waals surface area contributed by atoms with Gasteiger partial charge in [0, 0.05) is 31.0 Å². The fourth-order valence-corrected chi connectivity index (χ4v) is 3.15. The molecule has 0 atom stereocenters. The molecule has 0 fully saturated rings. The van der Waals surface area contributed by atoms with Crippen molar-refractivity contribution in [2.45, 2.75) is 19.6 Å². The van der Waals surface area contributed by atoms with E-state index in [1.54, 1.807) is 12.1 Å². The standard InChI is InChI=1S/C25H25F3N4O2/c1-18-10-12-21(13-11-18)31-24(34)32(22-9-5-8-20(16-22)25(26,27)28)15-14-29-23(33)30-17-19-6-3-2-4-7-19/h2-13,16H,14-15,17H2,1H3,(H,31,34)(H2,29,30,33). The Morgan fingerprint density at radius 2 is 1.59 bits per heavy atom. The van der Waals surface area contributed by atoms with E-state index >= 15 is 0 Å². The number of alkyl halides is 3. The monoisotopic (exact) mass is 470 g/mol. The SMILES string of the molecule is Cc1ccc(NC(=O)N(CCNC(=O)NCc2ccccc2)c2cccc(C(F)(F)F)c2)cc1. The molecule has 0 radical (unpaired) electrons. The molecule has 0 aliphatic heterocycles. The Morgan fingerprint density at radius 1 is 0.882 bits per heavy atom. The van der Waals surface area contributed by atoms with E-state index in [-0.39, 0.29) is 18.8 Å². The van der Waals surface area contributed by atoms with Crippen LogP contribution in [0.15, 0.2) is 78.9 Å². The van der Waals surface area contributed by atoms with Gasteiger partial charge in [-0.1, -0.05) is 54.1 Å². The van der Waals surface area contributed by atoms with Gasteiger partial charge < -0.3 is 16.0 Å². The first-order valence-electron chi connectivity index (χ1n) is 10.6. The summed E-state index contributed by atoms with van der Waals surface area (Å²) in [5.74, 6) is 0. The molecule has 34 heavy (non-hydrogen) atoms. The number of carbonyl (C=O) groups excluding carboxylic acids is 2. The molecule has 6 nitrogen and oxygen atoms in total. The number of nitrogens with one attached hydrogen (secondary N) is 3. The van der Waals surface area contributed by atoms with Crippen molar-refractivity contribution in [2.75, 3.05) is 23.3 Å². The highest BCUT2D eigenvalue weighted by Crippen LogP contribution is 2.31.